The Morgan fingerprint density at radius 1 is 0.808 bits per heavy atom. The molecule has 0 radical (unpaired) electrons. The van der Waals surface area contributed by atoms with Gasteiger partial charge in [-0.25, -0.2) is 9.59 Å². The highest BCUT2D eigenvalue weighted by atomic mass is 28.4. The van der Waals surface area contributed by atoms with Gasteiger partial charge < -0.3 is 23.1 Å². The highest BCUT2D eigenvalue weighted by Gasteiger charge is 2.28. The van der Waals surface area contributed by atoms with Crippen molar-refractivity contribution in [1.82, 2.24) is 0 Å². The van der Waals surface area contributed by atoms with E-state index in [1.807, 2.05) is 0 Å². The molecule has 0 fully saturated rings. The average molecular weight is 407 g/mol. The van der Waals surface area contributed by atoms with Crippen LogP contribution in [0.1, 0.15) is 6.42 Å². The van der Waals surface area contributed by atoms with Crippen LogP contribution in [0, 0.1) is 0 Å². The summed E-state index contributed by atoms with van der Waals surface area (Å²) >= 11 is 0. The van der Waals surface area contributed by atoms with Crippen molar-refractivity contribution in [2.24, 2.45) is 0 Å². The monoisotopic (exact) mass is 406 g/mol. The molecule has 152 valence electrons. The molecule has 0 unspecified atom stereocenters. The van der Waals surface area contributed by atoms with Crippen molar-refractivity contribution in [2.45, 2.75) is 45.2 Å². The highest BCUT2D eigenvalue weighted by molar-refractivity contribution is 6.84. The van der Waals surface area contributed by atoms with Crippen LogP contribution in [0.5, 0.6) is 0 Å². The molecule has 0 N–H and O–H groups in total. The number of rotatable bonds is 14. The number of carbonyl (C=O) groups is 2. The zero-order valence-electron chi connectivity index (χ0n) is 17.0. The first-order valence-corrected chi connectivity index (χ1v) is 15.4. The van der Waals surface area contributed by atoms with Gasteiger partial charge >= 0.3 is 11.9 Å². The normalized spacial score (nSPS) is 12.4. The first-order chi connectivity index (χ1) is 12.1. The Balaban J connectivity index is 3.71. The Morgan fingerprint density at radius 3 is 1.85 bits per heavy atom. The Kier molecular flexibility index (Phi) is 12.7. The smallest absolute Gasteiger partial charge is 0.331 e. The second kappa shape index (κ2) is 13.2. The fourth-order valence-electron chi connectivity index (χ4n) is 2.24. The number of hydrogen-bond donors (Lipinski definition) is 0. The summed E-state index contributed by atoms with van der Waals surface area (Å²) in [7, 11) is -1.61. The van der Waals surface area contributed by atoms with Crippen LogP contribution in [-0.4, -0.2) is 68.7 Å². The zero-order valence-corrected chi connectivity index (χ0v) is 19.0. The van der Waals surface area contributed by atoms with Gasteiger partial charge in [-0.3, -0.25) is 0 Å². The van der Waals surface area contributed by atoms with Crippen molar-refractivity contribution >= 4 is 28.6 Å². The second-order valence-electron chi connectivity index (χ2n) is 7.35. The molecular formula is C17H34O7Si2. The van der Waals surface area contributed by atoms with Gasteiger partial charge in [0.15, 0.2) is 16.6 Å². The third-order valence-electron chi connectivity index (χ3n) is 3.01. The Bertz CT molecular complexity index is 445. The van der Waals surface area contributed by atoms with Crippen LogP contribution in [0.15, 0.2) is 12.2 Å². The number of hydrogen-bond acceptors (Lipinski definition) is 7. The predicted molar refractivity (Wildman–Crippen MR) is 105 cm³/mol. The molecule has 0 rings (SSSR count). The molecular weight excluding hydrogens is 372 g/mol. The van der Waals surface area contributed by atoms with Crippen LogP contribution in [0.4, 0.5) is 0 Å². The van der Waals surface area contributed by atoms with Gasteiger partial charge in [0.05, 0.1) is 13.2 Å². The maximum atomic E-state index is 11.4. The Hall–Kier alpha value is -1.01. The summed E-state index contributed by atoms with van der Waals surface area (Å²) in [4.78, 5) is 22.7. The van der Waals surface area contributed by atoms with Crippen LogP contribution < -0.4 is 0 Å². The van der Waals surface area contributed by atoms with Crippen LogP contribution in [-0.2, 0) is 32.7 Å². The maximum absolute atomic E-state index is 11.4. The van der Waals surface area contributed by atoms with Gasteiger partial charge in [-0.15, -0.1) is 0 Å². The molecule has 0 aliphatic carbocycles. The molecule has 0 atom stereocenters. The van der Waals surface area contributed by atoms with E-state index in [0.29, 0.717) is 19.8 Å². The Morgan fingerprint density at radius 2 is 1.35 bits per heavy atom. The number of esters is 2. The molecule has 9 heteroatoms. The highest BCUT2D eigenvalue weighted by Crippen LogP contribution is 2.19. The lowest BCUT2D eigenvalue weighted by atomic mass is 10.5. The summed E-state index contributed by atoms with van der Waals surface area (Å²) in [5.41, 5.74) is 0. The summed E-state index contributed by atoms with van der Waals surface area (Å²) < 4.78 is 26.2. The van der Waals surface area contributed by atoms with Gasteiger partial charge in [0.1, 0.15) is 13.2 Å². The maximum Gasteiger partial charge on any atom is 0.331 e. The molecule has 0 aliphatic heterocycles. The third kappa shape index (κ3) is 16.5. The number of ether oxygens (including phenoxy) is 4. The zero-order chi connectivity index (χ0) is 20.1. The van der Waals surface area contributed by atoms with E-state index in [-0.39, 0.29) is 13.2 Å². The fraction of sp³-hybridized carbons (Fsp3) is 0.765. The summed E-state index contributed by atoms with van der Waals surface area (Å²) in [6, 6.07) is 1.05. The van der Waals surface area contributed by atoms with E-state index in [0.717, 1.165) is 24.6 Å². The minimum atomic E-state index is -1.62. The second-order valence-corrected chi connectivity index (χ2v) is 16.4. The van der Waals surface area contributed by atoms with Crippen LogP contribution in [0.2, 0.25) is 38.8 Å². The first-order valence-electron chi connectivity index (χ1n) is 8.84. The lowest BCUT2D eigenvalue weighted by molar-refractivity contribution is -0.141. The molecule has 0 aliphatic rings. The minimum Gasteiger partial charge on any atom is -0.460 e. The molecule has 0 bridgehead atoms. The van der Waals surface area contributed by atoms with E-state index < -0.39 is 28.6 Å². The van der Waals surface area contributed by atoms with Gasteiger partial charge in [0.2, 0.25) is 0 Å². The summed E-state index contributed by atoms with van der Waals surface area (Å²) in [5, 5.41) is 0. The van der Waals surface area contributed by atoms with Crippen molar-refractivity contribution in [3.8, 4) is 0 Å². The van der Waals surface area contributed by atoms with Gasteiger partial charge in [0.25, 0.3) is 0 Å². The molecule has 0 aromatic heterocycles. The van der Waals surface area contributed by atoms with Crippen LogP contribution in [0.25, 0.3) is 0 Å². The standard InChI is InChI=1S/C17H34O7Si2/c1-20-11-13-22-16(18)8-9-17(19)23-14-12-21-10-7-15-26(5,6)24-25(2,3)4/h8-9H,7,10-15H2,1-6H3/b9-8+. The summed E-state index contributed by atoms with van der Waals surface area (Å²) in [6.45, 7) is 12.6. The predicted octanol–water partition coefficient (Wildman–Crippen LogP) is 2.74. The summed E-state index contributed by atoms with van der Waals surface area (Å²) in [5.74, 6) is -1.21. The number of carbonyl (C=O) groups excluding carboxylic acids is 2. The van der Waals surface area contributed by atoms with Crippen LogP contribution in [0.3, 0.4) is 0 Å². The molecule has 7 nitrogen and oxygen atoms in total. The van der Waals surface area contributed by atoms with E-state index in [1.165, 1.54) is 7.11 Å². The molecule has 0 heterocycles. The largest absolute Gasteiger partial charge is 0.460 e. The van der Waals surface area contributed by atoms with E-state index in [4.69, 9.17) is 23.1 Å². The van der Waals surface area contributed by atoms with Gasteiger partial charge in [0, 0.05) is 25.9 Å². The van der Waals surface area contributed by atoms with E-state index >= 15 is 0 Å². The number of methoxy groups -OCH3 is 1. The molecule has 0 saturated carbocycles. The SMILES string of the molecule is COCCOC(=O)/C=C/C(=O)OCCOCCC[Si](C)(C)O[Si](C)(C)C. The molecule has 0 spiro atoms. The fourth-order valence-corrected chi connectivity index (χ4v) is 10.3. The minimum absolute atomic E-state index is 0.144. The molecule has 0 aromatic carbocycles. The topological polar surface area (TPSA) is 80.3 Å². The molecule has 0 amide bonds. The van der Waals surface area contributed by atoms with Crippen molar-refractivity contribution < 1.29 is 32.7 Å². The lowest BCUT2D eigenvalue weighted by Gasteiger charge is -2.31. The van der Waals surface area contributed by atoms with Crippen molar-refractivity contribution in [3.63, 3.8) is 0 Å². The molecule has 0 aromatic rings. The van der Waals surface area contributed by atoms with Gasteiger partial charge in [-0.1, -0.05) is 0 Å². The lowest BCUT2D eigenvalue weighted by Crippen LogP contribution is -2.42. The average Bonchev–Trinajstić information content (AvgIpc) is 2.50. The molecule has 0 saturated heterocycles. The van der Waals surface area contributed by atoms with Gasteiger partial charge in [-0.05, 0) is 45.2 Å². The first kappa shape index (κ1) is 25.0. The van der Waals surface area contributed by atoms with Crippen molar-refractivity contribution in [3.05, 3.63) is 12.2 Å². The quantitative estimate of drug-likeness (QED) is 0.190. The summed E-state index contributed by atoms with van der Waals surface area (Å²) in [6.07, 6.45) is 3.01. The Labute approximate surface area is 159 Å². The van der Waals surface area contributed by atoms with Crippen molar-refractivity contribution in [1.29, 1.82) is 0 Å². The van der Waals surface area contributed by atoms with E-state index in [1.54, 1.807) is 0 Å². The van der Waals surface area contributed by atoms with Gasteiger partial charge in [-0.2, -0.15) is 0 Å². The van der Waals surface area contributed by atoms with Crippen molar-refractivity contribution in [2.75, 3.05) is 40.1 Å². The molecule has 26 heavy (non-hydrogen) atoms. The van der Waals surface area contributed by atoms with E-state index in [2.05, 4.69) is 32.7 Å². The van der Waals surface area contributed by atoms with Crippen LogP contribution >= 0.6 is 0 Å². The third-order valence-corrected chi connectivity index (χ3v) is 9.23. The van der Waals surface area contributed by atoms with E-state index in [9.17, 15) is 9.59 Å².